The molecule has 0 aromatic carbocycles. The van der Waals surface area contributed by atoms with Crippen LogP contribution in [0, 0.1) is 0 Å². The normalized spacial score (nSPS) is 11.3. The Hall–Kier alpha value is -0.850. The molecule has 0 unspecified atom stereocenters. The van der Waals surface area contributed by atoms with E-state index >= 15 is 0 Å². The van der Waals surface area contributed by atoms with Crippen LogP contribution >= 0.6 is 0 Å². The fourth-order valence-electron chi connectivity index (χ4n) is 1.54. The van der Waals surface area contributed by atoms with Crippen LogP contribution in [0.25, 0.3) is 0 Å². The summed E-state index contributed by atoms with van der Waals surface area (Å²) in [7, 11) is 0. The summed E-state index contributed by atoms with van der Waals surface area (Å²) in [5.41, 5.74) is 2.66. The van der Waals surface area contributed by atoms with E-state index in [9.17, 15) is 4.79 Å². The zero-order chi connectivity index (χ0) is 11.5. The highest BCUT2D eigenvalue weighted by atomic mass is 16.1. The van der Waals surface area contributed by atoms with Crippen molar-refractivity contribution in [3.05, 3.63) is 23.3 Å². The van der Waals surface area contributed by atoms with E-state index in [1.54, 1.807) is 6.08 Å². The average molecular weight is 208 g/mol. The minimum absolute atomic E-state index is 0.920. The monoisotopic (exact) mass is 208 g/mol. The predicted molar refractivity (Wildman–Crippen MR) is 67.0 cm³/mol. The van der Waals surface area contributed by atoms with Crippen molar-refractivity contribution in [2.24, 2.45) is 0 Å². The van der Waals surface area contributed by atoms with E-state index in [4.69, 9.17) is 0 Å². The Morgan fingerprint density at radius 2 is 1.87 bits per heavy atom. The Morgan fingerprint density at radius 1 is 1.13 bits per heavy atom. The van der Waals surface area contributed by atoms with E-state index < -0.39 is 0 Å². The van der Waals surface area contributed by atoms with Gasteiger partial charge in [-0.3, -0.25) is 4.79 Å². The number of unbranched alkanes of at least 4 members (excludes halogenated alkanes) is 2. The highest BCUT2D eigenvalue weighted by Gasteiger charge is 1.96. The SMILES string of the molecule is CCCCCC(=CC=O)CCC=C(C)C. The van der Waals surface area contributed by atoms with Gasteiger partial charge in [-0.05, 0) is 45.6 Å². The van der Waals surface area contributed by atoms with Gasteiger partial charge in [-0.1, -0.05) is 37.0 Å². The van der Waals surface area contributed by atoms with Gasteiger partial charge >= 0.3 is 0 Å². The number of rotatable bonds is 8. The molecule has 0 aliphatic rings. The molecule has 0 bridgehead atoms. The van der Waals surface area contributed by atoms with Gasteiger partial charge in [0.15, 0.2) is 0 Å². The minimum atomic E-state index is 0.920. The van der Waals surface area contributed by atoms with Crippen molar-refractivity contribution in [2.75, 3.05) is 0 Å². The first-order valence-electron chi connectivity index (χ1n) is 5.97. The second-order valence-electron chi connectivity index (χ2n) is 4.24. The molecule has 15 heavy (non-hydrogen) atoms. The molecule has 1 heteroatoms. The lowest BCUT2D eigenvalue weighted by Crippen LogP contribution is -1.86. The first-order chi connectivity index (χ1) is 7.20. The molecule has 0 aromatic heterocycles. The maximum absolute atomic E-state index is 10.5. The Balaban J connectivity index is 3.89. The fourth-order valence-corrected chi connectivity index (χ4v) is 1.54. The molecule has 0 aromatic rings. The van der Waals surface area contributed by atoms with Crippen molar-refractivity contribution in [1.29, 1.82) is 0 Å². The molecule has 0 radical (unpaired) electrons. The van der Waals surface area contributed by atoms with Crippen LogP contribution in [0.3, 0.4) is 0 Å². The van der Waals surface area contributed by atoms with E-state index in [0.717, 1.165) is 25.5 Å². The van der Waals surface area contributed by atoms with Gasteiger partial charge in [0.05, 0.1) is 0 Å². The first kappa shape index (κ1) is 14.2. The predicted octanol–water partition coefficient (Wildman–Crippen LogP) is 4.44. The summed E-state index contributed by atoms with van der Waals surface area (Å²) in [5, 5.41) is 0. The number of carbonyl (C=O) groups is 1. The molecule has 86 valence electrons. The van der Waals surface area contributed by atoms with Crippen molar-refractivity contribution in [3.63, 3.8) is 0 Å². The molecular weight excluding hydrogens is 184 g/mol. The summed E-state index contributed by atoms with van der Waals surface area (Å²) in [4.78, 5) is 10.5. The second kappa shape index (κ2) is 9.70. The van der Waals surface area contributed by atoms with Crippen LogP contribution in [0.15, 0.2) is 23.3 Å². The Morgan fingerprint density at radius 3 is 2.40 bits per heavy atom. The average Bonchev–Trinajstić information content (AvgIpc) is 2.17. The molecule has 0 N–H and O–H groups in total. The largest absolute Gasteiger partial charge is 0.299 e. The second-order valence-corrected chi connectivity index (χ2v) is 4.24. The van der Waals surface area contributed by atoms with E-state index in [0.29, 0.717) is 0 Å². The number of hydrogen-bond donors (Lipinski definition) is 0. The zero-order valence-corrected chi connectivity index (χ0v) is 10.4. The van der Waals surface area contributed by atoms with Crippen molar-refractivity contribution >= 4 is 6.29 Å². The Kier molecular flexibility index (Phi) is 9.15. The van der Waals surface area contributed by atoms with Crippen LogP contribution < -0.4 is 0 Å². The van der Waals surface area contributed by atoms with Gasteiger partial charge in [0.1, 0.15) is 6.29 Å². The highest BCUT2D eigenvalue weighted by Crippen LogP contribution is 2.15. The minimum Gasteiger partial charge on any atom is -0.299 e. The van der Waals surface area contributed by atoms with Gasteiger partial charge in [-0.2, -0.15) is 0 Å². The standard InChI is InChI=1S/C14H24O/c1-4-5-6-9-14(11-12-15)10-7-8-13(2)3/h8,11-12H,4-7,9-10H2,1-3H3. The van der Waals surface area contributed by atoms with Crippen LogP contribution in [-0.2, 0) is 4.79 Å². The summed E-state index contributed by atoms with van der Waals surface area (Å²) in [6.45, 7) is 6.42. The Bertz CT molecular complexity index is 219. The lowest BCUT2D eigenvalue weighted by atomic mass is 10.0. The molecule has 0 fully saturated rings. The third kappa shape index (κ3) is 9.45. The number of aldehydes is 1. The van der Waals surface area contributed by atoms with E-state index in [2.05, 4.69) is 26.8 Å². The zero-order valence-electron chi connectivity index (χ0n) is 10.4. The topological polar surface area (TPSA) is 17.1 Å². The van der Waals surface area contributed by atoms with Gasteiger partial charge in [-0.25, -0.2) is 0 Å². The molecule has 0 saturated carbocycles. The lowest BCUT2D eigenvalue weighted by molar-refractivity contribution is -0.104. The van der Waals surface area contributed by atoms with E-state index in [-0.39, 0.29) is 0 Å². The van der Waals surface area contributed by atoms with Crippen molar-refractivity contribution < 1.29 is 4.79 Å². The lowest BCUT2D eigenvalue weighted by Gasteiger charge is -2.04. The van der Waals surface area contributed by atoms with Crippen LogP contribution in [0.1, 0.15) is 59.3 Å². The molecule has 0 aliphatic heterocycles. The summed E-state index contributed by atoms with van der Waals surface area (Å²) >= 11 is 0. The van der Waals surface area contributed by atoms with Gasteiger partial charge < -0.3 is 0 Å². The third-order valence-electron chi connectivity index (χ3n) is 2.42. The van der Waals surface area contributed by atoms with Gasteiger partial charge in [0.2, 0.25) is 0 Å². The van der Waals surface area contributed by atoms with Crippen molar-refractivity contribution in [1.82, 2.24) is 0 Å². The molecule has 0 heterocycles. The molecule has 0 saturated heterocycles. The molecule has 0 amide bonds. The molecule has 1 nitrogen and oxygen atoms in total. The van der Waals surface area contributed by atoms with Crippen molar-refractivity contribution in [2.45, 2.75) is 59.3 Å². The van der Waals surface area contributed by atoms with Crippen molar-refractivity contribution in [3.8, 4) is 0 Å². The summed E-state index contributed by atoms with van der Waals surface area (Å²) in [6, 6.07) is 0. The highest BCUT2D eigenvalue weighted by molar-refractivity contribution is 5.66. The van der Waals surface area contributed by atoms with Crippen LogP contribution in [0.4, 0.5) is 0 Å². The van der Waals surface area contributed by atoms with E-state index in [1.165, 1.54) is 30.4 Å². The van der Waals surface area contributed by atoms with Crippen LogP contribution in [0.2, 0.25) is 0 Å². The number of hydrogen-bond acceptors (Lipinski definition) is 1. The van der Waals surface area contributed by atoms with Gasteiger partial charge in [0, 0.05) is 0 Å². The molecular formula is C14H24O. The molecule has 0 rings (SSSR count). The molecule has 0 aliphatic carbocycles. The third-order valence-corrected chi connectivity index (χ3v) is 2.42. The number of carbonyl (C=O) groups excluding carboxylic acids is 1. The van der Waals surface area contributed by atoms with Gasteiger partial charge in [-0.15, -0.1) is 0 Å². The first-order valence-corrected chi connectivity index (χ1v) is 5.97. The maximum atomic E-state index is 10.5. The maximum Gasteiger partial charge on any atom is 0.142 e. The van der Waals surface area contributed by atoms with Gasteiger partial charge in [0.25, 0.3) is 0 Å². The Labute approximate surface area is 94.3 Å². The van der Waals surface area contributed by atoms with Crippen LogP contribution in [0.5, 0.6) is 0 Å². The molecule has 0 atom stereocenters. The summed E-state index contributed by atoms with van der Waals surface area (Å²) in [5.74, 6) is 0. The quantitative estimate of drug-likeness (QED) is 0.249. The number of allylic oxidation sites excluding steroid dienone is 4. The molecule has 0 spiro atoms. The summed E-state index contributed by atoms with van der Waals surface area (Å²) < 4.78 is 0. The summed E-state index contributed by atoms with van der Waals surface area (Å²) in [6.07, 6.45) is 11.8. The van der Waals surface area contributed by atoms with E-state index in [1.807, 2.05) is 0 Å². The fraction of sp³-hybridized carbons (Fsp3) is 0.643. The smallest absolute Gasteiger partial charge is 0.142 e. The van der Waals surface area contributed by atoms with Crippen LogP contribution in [-0.4, -0.2) is 6.29 Å².